The minimum absolute atomic E-state index is 0.00199. The molecule has 0 aliphatic heterocycles. The lowest BCUT2D eigenvalue weighted by Crippen LogP contribution is -2.38. The minimum atomic E-state index is -3.40. The van der Waals surface area contributed by atoms with Gasteiger partial charge >= 0.3 is 11.9 Å². The van der Waals surface area contributed by atoms with Gasteiger partial charge < -0.3 is 9.47 Å². The molecule has 0 amide bonds. The Morgan fingerprint density at radius 2 is 1.59 bits per heavy atom. The molecule has 128 valence electrons. The molecule has 1 atom stereocenters. The van der Waals surface area contributed by atoms with Gasteiger partial charge in [-0.05, 0) is 26.7 Å². The van der Waals surface area contributed by atoms with Crippen LogP contribution in [-0.4, -0.2) is 44.9 Å². The van der Waals surface area contributed by atoms with E-state index in [4.69, 9.17) is 9.47 Å². The van der Waals surface area contributed by atoms with Crippen molar-refractivity contribution >= 4 is 22.0 Å². The summed E-state index contributed by atoms with van der Waals surface area (Å²) in [6.45, 7) is 8.43. The molecule has 1 unspecified atom stereocenters. The summed E-state index contributed by atoms with van der Waals surface area (Å²) in [4.78, 5) is 22.6. The zero-order valence-electron chi connectivity index (χ0n) is 13.7. The van der Waals surface area contributed by atoms with Crippen LogP contribution >= 0.6 is 0 Å². The van der Waals surface area contributed by atoms with Gasteiger partial charge in [-0.3, -0.25) is 0 Å². The molecule has 0 fully saturated rings. The zero-order valence-corrected chi connectivity index (χ0v) is 14.5. The van der Waals surface area contributed by atoms with Crippen LogP contribution in [0, 0.1) is 5.92 Å². The van der Waals surface area contributed by atoms with Gasteiger partial charge in [-0.15, -0.1) is 0 Å². The summed E-state index contributed by atoms with van der Waals surface area (Å²) in [5, 5.41) is 0. The standard InChI is InChI=1S/C14H25NO6S/c1-10(2)9-22(18,19)15-12(5)8-20-13(16)6-7-14(17)21-11(3)4/h6-7,10-12,15H,8-9H2,1-5H3/b7-6+. The number of sulfonamides is 1. The fourth-order valence-electron chi connectivity index (χ4n) is 1.49. The first-order valence-electron chi connectivity index (χ1n) is 7.07. The predicted octanol–water partition coefficient (Wildman–Crippen LogP) is 1.00. The van der Waals surface area contributed by atoms with E-state index in [2.05, 4.69) is 4.72 Å². The Hall–Kier alpha value is -1.41. The molecule has 0 aliphatic rings. The van der Waals surface area contributed by atoms with Gasteiger partial charge in [-0.25, -0.2) is 22.7 Å². The van der Waals surface area contributed by atoms with Gasteiger partial charge in [-0.1, -0.05) is 13.8 Å². The highest BCUT2D eigenvalue weighted by molar-refractivity contribution is 7.89. The molecule has 22 heavy (non-hydrogen) atoms. The van der Waals surface area contributed by atoms with Crippen molar-refractivity contribution in [3.8, 4) is 0 Å². The lowest BCUT2D eigenvalue weighted by molar-refractivity contribution is -0.143. The number of ether oxygens (including phenoxy) is 2. The van der Waals surface area contributed by atoms with Gasteiger partial charge in [-0.2, -0.15) is 0 Å². The molecule has 0 aromatic heterocycles. The summed E-state index contributed by atoms with van der Waals surface area (Å²) < 4.78 is 35.4. The van der Waals surface area contributed by atoms with Gasteiger partial charge in [0.2, 0.25) is 10.0 Å². The second-order valence-corrected chi connectivity index (χ2v) is 7.44. The number of rotatable bonds is 9. The largest absolute Gasteiger partial charge is 0.461 e. The molecule has 8 heteroatoms. The third kappa shape index (κ3) is 11.3. The van der Waals surface area contributed by atoms with E-state index in [0.29, 0.717) is 0 Å². The summed E-state index contributed by atoms with van der Waals surface area (Å²) >= 11 is 0. The Kier molecular flexibility index (Phi) is 8.96. The Balaban J connectivity index is 4.20. The van der Waals surface area contributed by atoms with E-state index in [-0.39, 0.29) is 24.4 Å². The smallest absolute Gasteiger partial charge is 0.331 e. The topological polar surface area (TPSA) is 98.8 Å². The van der Waals surface area contributed by atoms with Crippen molar-refractivity contribution in [3.05, 3.63) is 12.2 Å². The van der Waals surface area contributed by atoms with Gasteiger partial charge in [0, 0.05) is 12.2 Å². The number of nitrogens with one attached hydrogen (secondary N) is 1. The van der Waals surface area contributed by atoms with E-state index < -0.39 is 28.0 Å². The molecule has 0 saturated carbocycles. The first-order chi connectivity index (χ1) is 10.0. The molecule has 0 saturated heterocycles. The quantitative estimate of drug-likeness (QED) is 0.498. The predicted molar refractivity (Wildman–Crippen MR) is 82.5 cm³/mol. The second-order valence-electron chi connectivity index (χ2n) is 5.64. The summed E-state index contributed by atoms with van der Waals surface area (Å²) in [5.74, 6) is -1.37. The van der Waals surface area contributed by atoms with Crippen LogP contribution < -0.4 is 4.72 Å². The van der Waals surface area contributed by atoms with Crippen molar-refractivity contribution in [2.75, 3.05) is 12.4 Å². The highest BCUT2D eigenvalue weighted by Crippen LogP contribution is 1.99. The summed E-state index contributed by atoms with van der Waals surface area (Å²) in [6, 6.07) is -0.552. The minimum Gasteiger partial charge on any atom is -0.461 e. The molecule has 0 aliphatic carbocycles. The monoisotopic (exact) mass is 335 g/mol. The molecule has 0 bridgehead atoms. The maximum Gasteiger partial charge on any atom is 0.331 e. The highest BCUT2D eigenvalue weighted by Gasteiger charge is 2.17. The van der Waals surface area contributed by atoms with Crippen LogP contribution in [0.15, 0.2) is 12.2 Å². The highest BCUT2D eigenvalue weighted by atomic mass is 32.2. The Labute approximate surface area is 132 Å². The third-order valence-corrected chi connectivity index (χ3v) is 3.98. The van der Waals surface area contributed by atoms with E-state index >= 15 is 0 Å². The van der Waals surface area contributed by atoms with Crippen LogP contribution in [0.4, 0.5) is 0 Å². The van der Waals surface area contributed by atoms with Crippen LogP contribution in [0.1, 0.15) is 34.6 Å². The maximum atomic E-state index is 11.7. The molecule has 1 N–H and O–H groups in total. The van der Waals surface area contributed by atoms with E-state index in [9.17, 15) is 18.0 Å². The fourth-order valence-corrected chi connectivity index (χ4v) is 3.15. The first-order valence-corrected chi connectivity index (χ1v) is 8.72. The Morgan fingerprint density at radius 1 is 1.05 bits per heavy atom. The molecule has 0 rings (SSSR count). The fraction of sp³-hybridized carbons (Fsp3) is 0.714. The SMILES string of the molecule is CC(C)CS(=O)(=O)NC(C)COC(=O)/C=C/C(=O)OC(C)C. The van der Waals surface area contributed by atoms with E-state index in [0.717, 1.165) is 12.2 Å². The van der Waals surface area contributed by atoms with Crippen LogP contribution in [0.5, 0.6) is 0 Å². The average Bonchev–Trinajstić information content (AvgIpc) is 2.30. The molecular weight excluding hydrogens is 310 g/mol. The van der Waals surface area contributed by atoms with Gasteiger partial charge in [0.1, 0.15) is 6.61 Å². The zero-order chi connectivity index (χ0) is 17.3. The van der Waals surface area contributed by atoms with Gasteiger partial charge in [0.25, 0.3) is 0 Å². The molecular formula is C14H25NO6S. The average molecular weight is 335 g/mol. The molecule has 7 nitrogen and oxygen atoms in total. The molecule has 0 aromatic carbocycles. The van der Waals surface area contributed by atoms with Crippen molar-refractivity contribution in [2.45, 2.75) is 46.8 Å². The van der Waals surface area contributed by atoms with Crippen molar-refractivity contribution in [2.24, 2.45) is 5.92 Å². The second kappa shape index (κ2) is 9.58. The Morgan fingerprint density at radius 3 is 2.09 bits per heavy atom. The lowest BCUT2D eigenvalue weighted by Gasteiger charge is -2.15. The summed E-state index contributed by atoms with van der Waals surface area (Å²) in [5.41, 5.74) is 0. The number of hydrogen-bond acceptors (Lipinski definition) is 6. The number of hydrogen-bond donors (Lipinski definition) is 1. The van der Waals surface area contributed by atoms with E-state index in [1.165, 1.54) is 0 Å². The van der Waals surface area contributed by atoms with Crippen molar-refractivity contribution in [1.29, 1.82) is 0 Å². The number of esters is 2. The van der Waals surface area contributed by atoms with Crippen LogP contribution in [0.3, 0.4) is 0 Å². The lowest BCUT2D eigenvalue weighted by atomic mass is 10.3. The van der Waals surface area contributed by atoms with Crippen molar-refractivity contribution in [1.82, 2.24) is 4.72 Å². The van der Waals surface area contributed by atoms with Crippen molar-refractivity contribution < 1.29 is 27.5 Å². The van der Waals surface area contributed by atoms with E-state index in [1.807, 2.05) is 0 Å². The summed E-state index contributed by atoms with van der Waals surface area (Å²) in [6.07, 6.45) is 1.64. The number of carbonyl (C=O) groups excluding carboxylic acids is 2. The molecule has 0 aromatic rings. The Bertz CT molecular complexity index is 495. The third-order valence-electron chi connectivity index (χ3n) is 2.12. The number of carbonyl (C=O) groups is 2. The normalized spacial score (nSPS) is 13.6. The van der Waals surface area contributed by atoms with Gasteiger partial charge in [0.15, 0.2) is 0 Å². The maximum absolute atomic E-state index is 11.7. The molecule has 0 radical (unpaired) electrons. The molecule has 0 spiro atoms. The van der Waals surface area contributed by atoms with Crippen LogP contribution in [-0.2, 0) is 29.1 Å². The van der Waals surface area contributed by atoms with Crippen LogP contribution in [0.25, 0.3) is 0 Å². The van der Waals surface area contributed by atoms with Gasteiger partial charge in [0.05, 0.1) is 17.9 Å². The van der Waals surface area contributed by atoms with E-state index in [1.54, 1.807) is 34.6 Å². The summed E-state index contributed by atoms with van der Waals surface area (Å²) in [7, 11) is -3.40. The first kappa shape index (κ1) is 20.6. The van der Waals surface area contributed by atoms with Crippen molar-refractivity contribution in [3.63, 3.8) is 0 Å². The van der Waals surface area contributed by atoms with Crippen LogP contribution in [0.2, 0.25) is 0 Å². The molecule has 0 heterocycles.